The summed E-state index contributed by atoms with van der Waals surface area (Å²) in [4.78, 5) is 0. The zero-order valence-electron chi connectivity index (χ0n) is 8.06. The van der Waals surface area contributed by atoms with Crippen LogP contribution in [0, 0.1) is 5.82 Å². The first-order chi connectivity index (χ1) is 6.50. The van der Waals surface area contributed by atoms with Gasteiger partial charge in [-0.3, -0.25) is 0 Å². The molecule has 2 N–H and O–H groups in total. The summed E-state index contributed by atoms with van der Waals surface area (Å²) in [5.74, 6) is -0.318. The van der Waals surface area contributed by atoms with Crippen molar-refractivity contribution in [2.24, 2.45) is 5.73 Å². The molecular weight excluding hydrogens is 201 g/mol. The van der Waals surface area contributed by atoms with Gasteiger partial charge in [-0.05, 0) is 37.1 Å². The van der Waals surface area contributed by atoms with Gasteiger partial charge in [0.05, 0.1) is 0 Å². The molecule has 0 aliphatic rings. The fourth-order valence-corrected chi connectivity index (χ4v) is 1.54. The Morgan fingerprint density at radius 3 is 2.86 bits per heavy atom. The van der Waals surface area contributed by atoms with Gasteiger partial charge < -0.3 is 5.73 Å². The molecule has 1 aromatic carbocycles. The van der Waals surface area contributed by atoms with E-state index in [9.17, 15) is 4.39 Å². The quantitative estimate of drug-likeness (QED) is 0.765. The molecule has 0 bridgehead atoms. The second-order valence-corrected chi connectivity index (χ2v) is 3.84. The summed E-state index contributed by atoms with van der Waals surface area (Å²) in [6.45, 7) is 5.64. The van der Waals surface area contributed by atoms with Crippen LogP contribution in [0.25, 0.3) is 0 Å². The van der Waals surface area contributed by atoms with E-state index in [-0.39, 0.29) is 11.9 Å². The van der Waals surface area contributed by atoms with Gasteiger partial charge in [-0.25, -0.2) is 4.39 Å². The van der Waals surface area contributed by atoms with E-state index in [1.165, 1.54) is 18.2 Å². The van der Waals surface area contributed by atoms with E-state index in [0.29, 0.717) is 17.0 Å². The number of benzene rings is 1. The first-order valence-electron chi connectivity index (χ1n) is 4.35. The maximum absolute atomic E-state index is 12.9. The molecule has 0 unspecified atom stereocenters. The second kappa shape index (κ2) is 4.58. The highest BCUT2D eigenvalue weighted by atomic mass is 35.5. The summed E-state index contributed by atoms with van der Waals surface area (Å²) in [5, 5.41) is 0.500. The van der Waals surface area contributed by atoms with E-state index in [1.807, 2.05) is 6.92 Å². The second-order valence-electron chi connectivity index (χ2n) is 3.43. The third kappa shape index (κ3) is 2.82. The van der Waals surface area contributed by atoms with E-state index in [1.54, 1.807) is 0 Å². The van der Waals surface area contributed by atoms with Gasteiger partial charge in [0, 0.05) is 11.1 Å². The van der Waals surface area contributed by atoms with Crippen molar-refractivity contribution in [2.75, 3.05) is 0 Å². The molecule has 0 aliphatic heterocycles. The van der Waals surface area contributed by atoms with Crippen LogP contribution in [-0.2, 0) is 0 Å². The first kappa shape index (κ1) is 11.2. The van der Waals surface area contributed by atoms with E-state index in [2.05, 4.69) is 6.58 Å². The molecule has 1 atom stereocenters. The summed E-state index contributed by atoms with van der Waals surface area (Å²) in [7, 11) is 0. The Bertz CT molecular complexity index is 349. The van der Waals surface area contributed by atoms with Crippen LogP contribution in [0.1, 0.15) is 24.9 Å². The topological polar surface area (TPSA) is 26.0 Å². The van der Waals surface area contributed by atoms with E-state index >= 15 is 0 Å². The zero-order chi connectivity index (χ0) is 10.7. The van der Waals surface area contributed by atoms with Crippen LogP contribution in [0.3, 0.4) is 0 Å². The van der Waals surface area contributed by atoms with Crippen LogP contribution >= 0.6 is 11.6 Å². The molecule has 0 aliphatic carbocycles. The molecule has 0 heterocycles. The Morgan fingerprint density at radius 1 is 1.64 bits per heavy atom. The summed E-state index contributed by atoms with van der Waals surface area (Å²) in [5.41, 5.74) is 7.44. The SMILES string of the molecule is C=C(C)C[C@H](N)c1cc(F)ccc1Cl. The lowest BCUT2D eigenvalue weighted by molar-refractivity contribution is 0.618. The fourth-order valence-electron chi connectivity index (χ4n) is 1.28. The fraction of sp³-hybridized carbons (Fsp3) is 0.273. The van der Waals surface area contributed by atoms with Gasteiger partial charge in [-0.1, -0.05) is 17.2 Å². The van der Waals surface area contributed by atoms with Crippen LogP contribution in [0.5, 0.6) is 0 Å². The monoisotopic (exact) mass is 213 g/mol. The van der Waals surface area contributed by atoms with Crippen molar-refractivity contribution in [3.63, 3.8) is 0 Å². The molecule has 76 valence electrons. The molecule has 0 aromatic heterocycles. The van der Waals surface area contributed by atoms with Crippen molar-refractivity contribution < 1.29 is 4.39 Å². The van der Waals surface area contributed by atoms with Gasteiger partial charge in [0.1, 0.15) is 5.82 Å². The molecule has 0 radical (unpaired) electrons. The van der Waals surface area contributed by atoms with Gasteiger partial charge >= 0.3 is 0 Å². The minimum atomic E-state index is -0.318. The third-order valence-corrected chi connectivity index (χ3v) is 2.27. The smallest absolute Gasteiger partial charge is 0.123 e. The Balaban J connectivity index is 2.93. The maximum atomic E-state index is 12.9. The summed E-state index contributed by atoms with van der Waals surface area (Å²) < 4.78 is 12.9. The van der Waals surface area contributed by atoms with Crippen molar-refractivity contribution in [3.05, 3.63) is 46.8 Å². The largest absolute Gasteiger partial charge is 0.324 e. The van der Waals surface area contributed by atoms with Gasteiger partial charge in [0.2, 0.25) is 0 Å². The number of hydrogen-bond donors (Lipinski definition) is 1. The number of halogens is 2. The van der Waals surface area contributed by atoms with Crippen molar-refractivity contribution in [1.29, 1.82) is 0 Å². The molecule has 14 heavy (non-hydrogen) atoms. The maximum Gasteiger partial charge on any atom is 0.123 e. The third-order valence-electron chi connectivity index (χ3n) is 1.93. The number of rotatable bonds is 3. The molecule has 1 aromatic rings. The van der Waals surface area contributed by atoms with E-state index in [4.69, 9.17) is 17.3 Å². The van der Waals surface area contributed by atoms with Gasteiger partial charge in [-0.15, -0.1) is 6.58 Å². The number of hydrogen-bond acceptors (Lipinski definition) is 1. The standard InChI is InChI=1S/C11H13ClFN/c1-7(2)5-11(14)9-6-8(13)3-4-10(9)12/h3-4,6,11H,1,5,14H2,2H3/t11-/m0/s1. The minimum Gasteiger partial charge on any atom is -0.324 e. The highest BCUT2D eigenvalue weighted by molar-refractivity contribution is 6.31. The number of nitrogens with two attached hydrogens (primary N) is 1. The van der Waals surface area contributed by atoms with Crippen LogP contribution in [0.2, 0.25) is 5.02 Å². The van der Waals surface area contributed by atoms with Crippen LogP contribution < -0.4 is 5.73 Å². The molecule has 3 heteroatoms. The molecule has 0 amide bonds. The molecule has 0 saturated heterocycles. The Labute approximate surface area is 88.4 Å². The van der Waals surface area contributed by atoms with E-state index in [0.717, 1.165) is 5.57 Å². The molecule has 0 saturated carbocycles. The molecule has 0 fully saturated rings. The lowest BCUT2D eigenvalue weighted by atomic mass is 10.0. The van der Waals surface area contributed by atoms with E-state index < -0.39 is 0 Å². The molecular formula is C11H13ClFN. The highest BCUT2D eigenvalue weighted by Gasteiger charge is 2.10. The summed E-state index contributed by atoms with van der Waals surface area (Å²) >= 11 is 5.90. The predicted molar refractivity (Wildman–Crippen MR) is 57.8 cm³/mol. The first-order valence-corrected chi connectivity index (χ1v) is 4.73. The van der Waals surface area contributed by atoms with Crippen LogP contribution in [0.15, 0.2) is 30.4 Å². The average Bonchev–Trinajstić information content (AvgIpc) is 2.08. The Morgan fingerprint density at radius 2 is 2.29 bits per heavy atom. The van der Waals surface area contributed by atoms with Crippen molar-refractivity contribution in [2.45, 2.75) is 19.4 Å². The van der Waals surface area contributed by atoms with Gasteiger partial charge in [0.25, 0.3) is 0 Å². The van der Waals surface area contributed by atoms with Gasteiger partial charge in [-0.2, -0.15) is 0 Å². The molecule has 1 rings (SSSR count). The molecule has 0 spiro atoms. The summed E-state index contributed by atoms with van der Waals surface area (Å²) in [6, 6.07) is 3.93. The zero-order valence-corrected chi connectivity index (χ0v) is 8.81. The van der Waals surface area contributed by atoms with Crippen LogP contribution in [0.4, 0.5) is 4.39 Å². The minimum absolute atomic E-state index is 0.282. The van der Waals surface area contributed by atoms with Crippen LogP contribution in [-0.4, -0.2) is 0 Å². The Hall–Kier alpha value is -0.860. The highest BCUT2D eigenvalue weighted by Crippen LogP contribution is 2.25. The van der Waals surface area contributed by atoms with Crippen molar-refractivity contribution >= 4 is 11.6 Å². The lowest BCUT2D eigenvalue weighted by Crippen LogP contribution is -2.11. The summed E-state index contributed by atoms with van der Waals surface area (Å²) in [6.07, 6.45) is 0.614. The predicted octanol–water partition coefficient (Wildman–Crippen LogP) is 3.45. The van der Waals surface area contributed by atoms with Crippen molar-refractivity contribution in [3.8, 4) is 0 Å². The normalized spacial score (nSPS) is 12.6. The lowest BCUT2D eigenvalue weighted by Gasteiger charge is -2.13. The Kier molecular flexibility index (Phi) is 3.67. The average molecular weight is 214 g/mol. The van der Waals surface area contributed by atoms with Gasteiger partial charge in [0.15, 0.2) is 0 Å². The molecule has 1 nitrogen and oxygen atoms in total. The van der Waals surface area contributed by atoms with Crippen molar-refractivity contribution in [1.82, 2.24) is 0 Å².